The van der Waals surface area contributed by atoms with Gasteiger partial charge in [-0.15, -0.1) is 0 Å². The molecule has 0 heterocycles. The topological polar surface area (TPSA) is 29.1 Å². The lowest BCUT2D eigenvalue weighted by atomic mass is 10.1. The van der Waals surface area contributed by atoms with Crippen molar-refractivity contribution in [1.29, 1.82) is 0 Å². The zero-order valence-electron chi connectivity index (χ0n) is 6.10. The van der Waals surface area contributed by atoms with Crippen LogP contribution in [-0.2, 0) is 0 Å². The highest BCUT2D eigenvalue weighted by atomic mass is 127. The molecule has 0 atom stereocenters. The van der Waals surface area contributed by atoms with Gasteiger partial charge in [0.1, 0.15) is 0 Å². The van der Waals surface area contributed by atoms with E-state index >= 15 is 0 Å². The van der Waals surface area contributed by atoms with Gasteiger partial charge >= 0.3 is 0 Å². The van der Waals surface area contributed by atoms with Crippen LogP contribution in [0.4, 0.5) is 5.69 Å². The van der Waals surface area contributed by atoms with Crippen molar-refractivity contribution in [1.82, 2.24) is 0 Å². The molecule has 0 saturated carbocycles. The van der Waals surface area contributed by atoms with Crippen molar-refractivity contribution in [3.05, 3.63) is 29.8 Å². The molecule has 0 aliphatic heterocycles. The van der Waals surface area contributed by atoms with Gasteiger partial charge in [-0.05, 0) is 19.1 Å². The molecule has 0 aliphatic rings. The van der Waals surface area contributed by atoms with Crippen molar-refractivity contribution in [2.45, 2.75) is 6.92 Å². The highest BCUT2D eigenvalue weighted by Gasteiger charge is 2.03. The van der Waals surface area contributed by atoms with E-state index in [1.165, 1.54) is 0 Å². The van der Waals surface area contributed by atoms with Crippen LogP contribution in [0.5, 0.6) is 0 Å². The van der Waals surface area contributed by atoms with E-state index in [2.05, 4.69) is 3.53 Å². The van der Waals surface area contributed by atoms with Crippen molar-refractivity contribution < 1.29 is 4.79 Å². The van der Waals surface area contributed by atoms with Crippen LogP contribution in [-0.4, -0.2) is 5.78 Å². The third-order valence-corrected chi connectivity index (χ3v) is 1.99. The first kappa shape index (κ1) is 8.52. The minimum absolute atomic E-state index is 0.0877. The Morgan fingerprint density at radius 3 is 2.55 bits per heavy atom. The van der Waals surface area contributed by atoms with Crippen LogP contribution >= 0.6 is 22.9 Å². The lowest BCUT2D eigenvalue weighted by Gasteiger charge is -2.02. The molecule has 0 bridgehead atoms. The quantitative estimate of drug-likeness (QED) is 0.503. The first-order chi connectivity index (χ1) is 5.25. The third-order valence-electron chi connectivity index (χ3n) is 1.41. The molecule has 1 aromatic carbocycles. The minimum atomic E-state index is 0.0877. The van der Waals surface area contributed by atoms with Crippen LogP contribution in [0.1, 0.15) is 17.3 Å². The van der Waals surface area contributed by atoms with Crippen molar-refractivity contribution in [2.75, 3.05) is 3.53 Å². The number of hydrogen-bond acceptors (Lipinski definition) is 2. The van der Waals surface area contributed by atoms with Gasteiger partial charge in [-0.25, -0.2) is 0 Å². The normalized spacial score (nSPS) is 9.27. The van der Waals surface area contributed by atoms with Gasteiger partial charge in [0.2, 0.25) is 0 Å². The van der Waals surface area contributed by atoms with Gasteiger partial charge in [-0.2, -0.15) is 0 Å². The fourth-order valence-corrected chi connectivity index (χ4v) is 1.34. The van der Waals surface area contributed by atoms with Gasteiger partial charge in [-0.3, -0.25) is 4.79 Å². The van der Waals surface area contributed by atoms with E-state index < -0.39 is 0 Å². The summed E-state index contributed by atoms with van der Waals surface area (Å²) in [6.07, 6.45) is 0. The Labute approximate surface area is 79.5 Å². The Bertz CT molecular complexity index is 273. The first-order valence-corrected chi connectivity index (χ1v) is 4.30. The molecule has 0 unspecified atom stereocenters. The summed E-state index contributed by atoms with van der Waals surface area (Å²) in [7, 11) is 0. The van der Waals surface area contributed by atoms with Crippen molar-refractivity contribution >= 4 is 34.3 Å². The highest BCUT2D eigenvalue weighted by molar-refractivity contribution is 14.1. The summed E-state index contributed by atoms with van der Waals surface area (Å²) in [5, 5.41) is 0. The Balaban J connectivity index is 3.12. The summed E-state index contributed by atoms with van der Waals surface area (Å²) in [6, 6.07) is 7.44. The number of benzene rings is 1. The highest BCUT2D eigenvalue weighted by Crippen LogP contribution is 2.16. The van der Waals surface area contributed by atoms with Crippen molar-refractivity contribution in [3.63, 3.8) is 0 Å². The largest absolute Gasteiger partial charge is 0.328 e. The predicted molar refractivity (Wildman–Crippen MR) is 54.1 cm³/mol. The molecule has 58 valence electrons. The van der Waals surface area contributed by atoms with Gasteiger partial charge in [0, 0.05) is 5.56 Å². The lowest BCUT2D eigenvalue weighted by molar-refractivity contribution is 0.101. The zero-order valence-corrected chi connectivity index (χ0v) is 8.25. The number of rotatable bonds is 2. The second kappa shape index (κ2) is 3.71. The molecule has 0 amide bonds. The fourth-order valence-electron chi connectivity index (χ4n) is 0.873. The van der Waals surface area contributed by atoms with Crippen LogP contribution in [0.2, 0.25) is 0 Å². The number of carbonyl (C=O) groups is 1. The van der Waals surface area contributed by atoms with Gasteiger partial charge in [0.05, 0.1) is 28.6 Å². The molecule has 0 spiro atoms. The average molecular weight is 261 g/mol. The number of carbonyl (C=O) groups excluding carboxylic acids is 1. The van der Waals surface area contributed by atoms with Crippen LogP contribution < -0.4 is 3.53 Å². The molecule has 1 aromatic rings. The summed E-state index contributed by atoms with van der Waals surface area (Å²) < 4.78 is 2.93. The Morgan fingerprint density at radius 1 is 1.45 bits per heavy atom. The van der Waals surface area contributed by atoms with E-state index in [1.807, 2.05) is 47.1 Å². The number of hydrogen-bond donors (Lipinski definition) is 1. The summed E-state index contributed by atoms with van der Waals surface area (Å²) in [4.78, 5) is 11.0. The SMILES string of the molecule is CC(=O)c1ccccc1NI. The summed E-state index contributed by atoms with van der Waals surface area (Å²) in [5.41, 5.74) is 1.61. The monoisotopic (exact) mass is 261 g/mol. The number of anilines is 1. The standard InChI is InChI=1S/C8H8INO/c1-6(11)7-4-2-3-5-8(7)10-9/h2-5,10H,1H3. The molecule has 0 saturated heterocycles. The molecule has 1 N–H and O–H groups in total. The molecule has 0 aromatic heterocycles. The van der Waals surface area contributed by atoms with Gasteiger partial charge in [-0.1, -0.05) is 12.1 Å². The van der Waals surface area contributed by atoms with E-state index in [-0.39, 0.29) is 5.78 Å². The number of para-hydroxylation sites is 1. The molecule has 0 fully saturated rings. The van der Waals surface area contributed by atoms with Crippen LogP contribution in [0.15, 0.2) is 24.3 Å². The maximum absolute atomic E-state index is 11.0. The molecule has 3 heteroatoms. The summed E-state index contributed by atoms with van der Waals surface area (Å²) in [6.45, 7) is 1.56. The molecule has 1 rings (SSSR count). The van der Waals surface area contributed by atoms with Crippen LogP contribution in [0.3, 0.4) is 0 Å². The van der Waals surface area contributed by atoms with E-state index in [9.17, 15) is 4.79 Å². The minimum Gasteiger partial charge on any atom is -0.328 e. The summed E-state index contributed by atoms with van der Waals surface area (Å²) in [5.74, 6) is 0.0877. The Morgan fingerprint density at radius 2 is 2.09 bits per heavy atom. The van der Waals surface area contributed by atoms with Crippen molar-refractivity contribution in [2.24, 2.45) is 0 Å². The van der Waals surface area contributed by atoms with E-state index in [0.717, 1.165) is 11.3 Å². The van der Waals surface area contributed by atoms with E-state index in [4.69, 9.17) is 0 Å². The lowest BCUT2D eigenvalue weighted by Crippen LogP contribution is -1.95. The number of ketones is 1. The van der Waals surface area contributed by atoms with Crippen molar-refractivity contribution in [3.8, 4) is 0 Å². The smallest absolute Gasteiger partial charge is 0.161 e. The first-order valence-electron chi connectivity index (χ1n) is 3.22. The maximum Gasteiger partial charge on any atom is 0.161 e. The molecule has 2 nitrogen and oxygen atoms in total. The molecular weight excluding hydrogens is 253 g/mol. The Hall–Kier alpha value is -0.580. The van der Waals surface area contributed by atoms with E-state index in [1.54, 1.807) is 6.92 Å². The van der Waals surface area contributed by atoms with Gasteiger partial charge < -0.3 is 3.53 Å². The van der Waals surface area contributed by atoms with Gasteiger partial charge in [0.25, 0.3) is 0 Å². The van der Waals surface area contributed by atoms with E-state index in [0.29, 0.717) is 0 Å². The maximum atomic E-state index is 11.0. The molecular formula is C8H8INO. The molecule has 11 heavy (non-hydrogen) atoms. The Kier molecular flexibility index (Phi) is 2.87. The number of halogens is 1. The van der Waals surface area contributed by atoms with Crippen LogP contribution in [0.25, 0.3) is 0 Å². The molecule has 0 aliphatic carbocycles. The predicted octanol–water partition coefficient (Wildman–Crippen LogP) is 2.65. The second-order valence-electron chi connectivity index (χ2n) is 2.20. The number of nitrogens with one attached hydrogen (secondary N) is 1. The third kappa shape index (κ3) is 1.92. The summed E-state index contributed by atoms with van der Waals surface area (Å²) >= 11 is 2.01. The molecule has 0 radical (unpaired) electrons. The average Bonchev–Trinajstić information content (AvgIpc) is 2.04. The second-order valence-corrected chi connectivity index (χ2v) is 2.74. The van der Waals surface area contributed by atoms with Gasteiger partial charge in [0.15, 0.2) is 5.78 Å². The fraction of sp³-hybridized carbons (Fsp3) is 0.125. The number of Topliss-reactive ketones (excluding diaryl/α,β-unsaturated/α-hetero) is 1. The zero-order chi connectivity index (χ0) is 8.27. The van der Waals surface area contributed by atoms with Crippen LogP contribution in [0, 0.1) is 0 Å².